The van der Waals surface area contributed by atoms with Gasteiger partial charge in [-0.3, -0.25) is 4.79 Å². The van der Waals surface area contributed by atoms with Crippen molar-refractivity contribution < 1.29 is 19.4 Å². The summed E-state index contributed by atoms with van der Waals surface area (Å²) in [6.07, 6.45) is 16.8. The van der Waals surface area contributed by atoms with Gasteiger partial charge in [-0.1, -0.05) is 84.0 Å². The molecular formula is C20H39NO4. The van der Waals surface area contributed by atoms with E-state index in [9.17, 15) is 9.59 Å². The summed E-state index contributed by atoms with van der Waals surface area (Å²) in [4.78, 5) is 23.0. The molecule has 148 valence electrons. The Bertz CT molecular complexity index is 334. The van der Waals surface area contributed by atoms with Crippen LogP contribution < -0.4 is 5.32 Å². The first-order valence-corrected chi connectivity index (χ1v) is 10.1. The lowest BCUT2D eigenvalue weighted by Gasteiger charge is -2.13. The summed E-state index contributed by atoms with van der Waals surface area (Å²) in [5.41, 5.74) is 0. The van der Waals surface area contributed by atoms with Gasteiger partial charge in [0, 0.05) is 6.42 Å². The van der Waals surface area contributed by atoms with E-state index in [2.05, 4.69) is 17.0 Å². The first-order chi connectivity index (χ1) is 12.2. The molecule has 1 amide bonds. The van der Waals surface area contributed by atoms with Crippen LogP contribution in [0.25, 0.3) is 0 Å². The zero-order valence-corrected chi connectivity index (χ0v) is 16.4. The van der Waals surface area contributed by atoms with Crippen molar-refractivity contribution in [2.45, 2.75) is 103 Å². The Morgan fingerprint density at radius 3 is 1.68 bits per heavy atom. The van der Waals surface area contributed by atoms with E-state index in [0.29, 0.717) is 6.42 Å². The van der Waals surface area contributed by atoms with Crippen molar-refractivity contribution in [1.29, 1.82) is 0 Å². The van der Waals surface area contributed by atoms with E-state index in [-0.39, 0.29) is 5.91 Å². The molecule has 0 aromatic heterocycles. The molecule has 0 fully saturated rings. The highest BCUT2D eigenvalue weighted by molar-refractivity contribution is 5.84. The number of aliphatic hydroxyl groups excluding tert-OH is 1. The Morgan fingerprint density at radius 1 is 0.840 bits per heavy atom. The lowest BCUT2D eigenvalue weighted by atomic mass is 10.0. The third kappa shape index (κ3) is 14.9. The quantitative estimate of drug-likeness (QED) is 0.303. The van der Waals surface area contributed by atoms with Crippen molar-refractivity contribution in [3.8, 4) is 0 Å². The van der Waals surface area contributed by atoms with Crippen molar-refractivity contribution in [3.63, 3.8) is 0 Å². The maximum absolute atomic E-state index is 11.7. The zero-order valence-electron chi connectivity index (χ0n) is 16.4. The van der Waals surface area contributed by atoms with Crippen LogP contribution in [0.1, 0.15) is 96.8 Å². The Kier molecular flexibility index (Phi) is 16.9. The molecule has 0 unspecified atom stereocenters. The SMILES string of the molecule is CCCCCCCCCCCCCCCC(=O)N[C@@H](CO)C(=O)OC. The van der Waals surface area contributed by atoms with E-state index in [1.54, 1.807) is 0 Å². The van der Waals surface area contributed by atoms with Crippen LogP contribution in [0.5, 0.6) is 0 Å². The van der Waals surface area contributed by atoms with Crippen molar-refractivity contribution >= 4 is 11.9 Å². The number of hydrogen-bond donors (Lipinski definition) is 2. The summed E-state index contributed by atoms with van der Waals surface area (Å²) >= 11 is 0. The fraction of sp³-hybridized carbons (Fsp3) is 0.900. The molecule has 0 aromatic carbocycles. The number of hydrogen-bond acceptors (Lipinski definition) is 4. The molecule has 1 atom stereocenters. The second kappa shape index (κ2) is 17.7. The molecule has 0 spiro atoms. The van der Waals surface area contributed by atoms with E-state index < -0.39 is 18.6 Å². The van der Waals surface area contributed by atoms with Gasteiger partial charge < -0.3 is 15.2 Å². The third-order valence-electron chi connectivity index (χ3n) is 4.51. The molecule has 0 saturated heterocycles. The molecule has 0 rings (SSSR count). The number of nitrogens with one attached hydrogen (secondary N) is 1. The first-order valence-electron chi connectivity index (χ1n) is 10.1. The normalized spacial score (nSPS) is 12.0. The van der Waals surface area contributed by atoms with Gasteiger partial charge in [0.2, 0.25) is 5.91 Å². The van der Waals surface area contributed by atoms with Crippen molar-refractivity contribution in [2.75, 3.05) is 13.7 Å². The van der Waals surface area contributed by atoms with Crippen molar-refractivity contribution in [2.24, 2.45) is 0 Å². The van der Waals surface area contributed by atoms with E-state index in [1.807, 2.05) is 0 Å². The summed E-state index contributed by atoms with van der Waals surface area (Å²) in [5.74, 6) is -0.811. The Morgan fingerprint density at radius 2 is 1.28 bits per heavy atom. The Labute approximate surface area is 153 Å². The van der Waals surface area contributed by atoms with Crippen LogP contribution in [-0.2, 0) is 14.3 Å². The van der Waals surface area contributed by atoms with Crippen LogP contribution in [0, 0.1) is 0 Å². The highest BCUT2D eigenvalue weighted by Gasteiger charge is 2.19. The summed E-state index contributed by atoms with van der Waals surface area (Å²) in [7, 11) is 1.24. The number of rotatable bonds is 17. The van der Waals surface area contributed by atoms with Crippen LogP contribution >= 0.6 is 0 Å². The summed E-state index contributed by atoms with van der Waals surface area (Å²) in [5, 5.41) is 11.5. The minimum absolute atomic E-state index is 0.201. The van der Waals surface area contributed by atoms with Gasteiger partial charge in [-0.05, 0) is 6.42 Å². The van der Waals surface area contributed by atoms with E-state index in [0.717, 1.165) is 19.3 Å². The van der Waals surface area contributed by atoms with E-state index in [4.69, 9.17) is 5.11 Å². The number of amides is 1. The summed E-state index contributed by atoms with van der Waals surface area (Å²) in [6.45, 7) is 1.82. The molecule has 0 aromatic rings. The van der Waals surface area contributed by atoms with Crippen LogP contribution in [0.4, 0.5) is 0 Å². The fourth-order valence-corrected chi connectivity index (χ4v) is 2.89. The van der Waals surface area contributed by atoms with E-state index in [1.165, 1.54) is 71.3 Å². The van der Waals surface area contributed by atoms with Gasteiger partial charge in [0.05, 0.1) is 13.7 Å². The monoisotopic (exact) mass is 357 g/mol. The lowest BCUT2D eigenvalue weighted by Crippen LogP contribution is -2.43. The van der Waals surface area contributed by atoms with E-state index >= 15 is 0 Å². The second-order valence-electron chi connectivity index (χ2n) is 6.82. The van der Waals surface area contributed by atoms with Crippen LogP contribution in [0.15, 0.2) is 0 Å². The van der Waals surface area contributed by atoms with Crippen LogP contribution in [0.2, 0.25) is 0 Å². The molecule has 5 nitrogen and oxygen atoms in total. The van der Waals surface area contributed by atoms with Gasteiger partial charge in [-0.15, -0.1) is 0 Å². The topological polar surface area (TPSA) is 75.6 Å². The number of unbranched alkanes of at least 4 members (excludes halogenated alkanes) is 12. The number of ether oxygens (including phenoxy) is 1. The molecule has 0 aliphatic carbocycles. The molecular weight excluding hydrogens is 318 g/mol. The number of carbonyl (C=O) groups is 2. The largest absolute Gasteiger partial charge is 0.467 e. The van der Waals surface area contributed by atoms with Crippen molar-refractivity contribution in [1.82, 2.24) is 5.32 Å². The number of methoxy groups -OCH3 is 1. The number of carbonyl (C=O) groups excluding carboxylic acids is 2. The van der Waals surface area contributed by atoms with Crippen LogP contribution in [-0.4, -0.2) is 36.7 Å². The molecule has 0 aliphatic rings. The standard InChI is InChI=1S/C20H39NO4/c1-3-4-5-6-7-8-9-10-11-12-13-14-15-16-19(23)21-18(17-22)20(24)25-2/h18,22H,3-17H2,1-2H3,(H,21,23)/t18-/m0/s1. The number of esters is 1. The first kappa shape index (κ1) is 23.9. The predicted octanol–water partition coefficient (Wildman–Crippen LogP) is 4.12. The summed E-state index contributed by atoms with van der Waals surface area (Å²) in [6, 6.07) is -0.945. The number of aliphatic hydroxyl groups is 1. The molecule has 0 saturated carbocycles. The maximum atomic E-state index is 11.7. The zero-order chi connectivity index (χ0) is 18.8. The Hall–Kier alpha value is -1.10. The Balaban J connectivity index is 3.37. The molecule has 5 heteroatoms. The highest BCUT2D eigenvalue weighted by Crippen LogP contribution is 2.12. The van der Waals surface area contributed by atoms with Gasteiger partial charge in [0.25, 0.3) is 0 Å². The van der Waals surface area contributed by atoms with Crippen LogP contribution in [0.3, 0.4) is 0 Å². The van der Waals surface area contributed by atoms with Gasteiger partial charge in [0.1, 0.15) is 0 Å². The third-order valence-corrected chi connectivity index (χ3v) is 4.51. The average molecular weight is 358 g/mol. The maximum Gasteiger partial charge on any atom is 0.330 e. The van der Waals surface area contributed by atoms with Gasteiger partial charge in [-0.2, -0.15) is 0 Å². The minimum Gasteiger partial charge on any atom is -0.467 e. The highest BCUT2D eigenvalue weighted by atomic mass is 16.5. The van der Waals surface area contributed by atoms with Gasteiger partial charge in [0.15, 0.2) is 6.04 Å². The van der Waals surface area contributed by atoms with Gasteiger partial charge >= 0.3 is 5.97 Å². The second-order valence-corrected chi connectivity index (χ2v) is 6.82. The fourth-order valence-electron chi connectivity index (χ4n) is 2.89. The molecule has 0 aliphatic heterocycles. The molecule has 25 heavy (non-hydrogen) atoms. The molecule has 0 heterocycles. The molecule has 0 bridgehead atoms. The molecule has 0 radical (unpaired) electrons. The minimum atomic E-state index is -0.945. The predicted molar refractivity (Wildman–Crippen MR) is 101 cm³/mol. The van der Waals surface area contributed by atoms with Crippen molar-refractivity contribution in [3.05, 3.63) is 0 Å². The summed E-state index contributed by atoms with van der Waals surface area (Å²) < 4.78 is 4.51. The van der Waals surface area contributed by atoms with Gasteiger partial charge in [-0.25, -0.2) is 4.79 Å². The lowest BCUT2D eigenvalue weighted by molar-refractivity contribution is -0.146. The molecule has 2 N–H and O–H groups in total. The smallest absolute Gasteiger partial charge is 0.330 e. The average Bonchev–Trinajstić information content (AvgIpc) is 2.62.